The molecule has 0 aromatic heterocycles. The van der Waals surface area contributed by atoms with Gasteiger partial charge in [-0.15, -0.1) is 0 Å². The van der Waals surface area contributed by atoms with Gasteiger partial charge in [0.15, 0.2) is 0 Å². The third-order valence-corrected chi connectivity index (χ3v) is 4.50. The second-order valence-electron chi connectivity index (χ2n) is 6.38. The lowest BCUT2D eigenvalue weighted by Crippen LogP contribution is -2.54. The maximum atomic E-state index is 12.7. The zero-order valence-electron chi connectivity index (χ0n) is 14.6. The number of piperidine rings is 1. The first-order valence-electron chi connectivity index (χ1n) is 8.83. The summed E-state index contributed by atoms with van der Waals surface area (Å²) in [5.41, 5.74) is 1.31. The quantitative estimate of drug-likeness (QED) is 0.484. The van der Waals surface area contributed by atoms with Crippen molar-refractivity contribution in [3.05, 3.63) is 29.3 Å². The number of hydrogen-bond acceptors (Lipinski definition) is 6. The van der Waals surface area contributed by atoms with Crippen LogP contribution in [0.25, 0.3) is 0 Å². The summed E-state index contributed by atoms with van der Waals surface area (Å²) in [5.74, 6) is -1.97. The van der Waals surface area contributed by atoms with Crippen LogP contribution in [0.4, 0.5) is 5.69 Å². The highest BCUT2D eigenvalue weighted by Crippen LogP contribution is 2.29. The van der Waals surface area contributed by atoms with Gasteiger partial charge in [0.1, 0.15) is 6.04 Å². The molecule has 1 aromatic rings. The maximum Gasteiger partial charge on any atom is 0.262 e. The summed E-state index contributed by atoms with van der Waals surface area (Å²) in [4.78, 5) is 49.6. The van der Waals surface area contributed by atoms with Crippen LogP contribution in [0.5, 0.6) is 0 Å². The van der Waals surface area contributed by atoms with Gasteiger partial charge in [-0.25, -0.2) is 0 Å². The fourth-order valence-electron chi connectivity index (χ4n) is 3.18. The molecule has 3 rings (SSSR count). The van der Waals surface area contributed by atoms with E-state index in [0.29, 0.717) is 6.54 Å². The Bertz CT molecular complexity index is 762. The molecule has 8 heteroatoms. The number of nitrogens with one attached hydrogen (secondary N) is 3. The van der Waals surface area contributed by atoms with Gasteiger partial charge < -0.3 is 10.6 Å². The Hall–Kier alpha value is -2.74. The monoisotopic (exact) mass is 358 g/mol. The fraction of sp³-hybridized carbons (Fsp3) is 0.444. The van der Waals surface area contributed by atoms with Crippen LogP contribution in [0.2, 0.25) is 0 Å². The summed E-state index contributed by atoms with van der Waals surface area (Å²) in [6.45, 7) is 4.52. The van der Waals surface area contributed by atoms with E-state index in [2.05, 4.69) is 22.9 Å². The maximum absolute atomic E-state index is 12.7. The number of benzene rings is 1. The zero-order chi connectivity index (χ0) is 18.7. The number of rotatable bonds is 7. The summed E-state index contributed by atoms with van der Waals surface area (Å²) < 4.78 is 0. The van der Waals surface area contributed by atoms with Crippen LogP contribution in [0.15, 0.2) is 18.2 Å². The summed E-state index contributed by atoms with van der Waals surface area (Å²) in [6, 6.07) is 4.05. The summed E-state index contributed by atoms with van der Waals surface area (Å²) in [5, 5.41) is 8.66. The van der Waals surface area contributed by atoms with Gasteiger partial charge in [0.25, 0.3) is 11.8 Å². The Labute approximate surface area is 151 Å². The Morgan fingerprint density at radius 3 is 2.58 bits per heavy atom. The molecule has 3 N–H and O–H groups in total. The summed E-state index contributed by atoms with van der Waals surface area (Å²) in [7, 11) is 0. The Morgan fingerprint density at radius 1 is 1.08 bits per heavy atom. The first-order valence-corrected chi connectivity index (χ1v) is 8.83. The standard InChI is InChI=1S/C18H22N4O4/c1-2-7-19-8-9-20-11-3-4-12-13(10-11)18(26)22(17(12)25)14-5-6-15(23)21-16(14)24/h3-4,10,14,19-20H,2,5-9H2,1H3,(H,21,23,24). The normalized spacial score (nSPS) is 19.6. The average Bonchev–Trinajstić information content (AvgIpc) is 2.86. The summed E-state index contributed by atoms with van der Waals surface area (Å²) in [6.07, 6.45) is 1.33. The largest absolute Gasteiger partial charge is 0.384 e. The van der Waals surface area contributed by atoms with Crippen molar-refractivity contribution in [3.8, 4) is 0 Å². The zero-order valence-corrected chi connectivity index (χ0v) is 14.6. The van der Waals surface area contributed by atoms with E-state index in [9.17, 15) is 19.2 Å². The van der Waals surface area contributed by atoms with Crippen LogP contribution in [0.3, 0.4) is 0 Å². The van der Waals surface area contributed by atoms with Crippen molar-refractivity contribution in [1.82, 2.24) is 15.5 Å². The van der Waals surface area contributed by atoms with E-state index < -0.39 is 23.8 Å². The number of carbonyl (C=O) groups excluding carboxylic acids is 4. The molecule has 1 saturated heterocycles. The lowest BCUT2D eigenvalue weighted by Gasteiger charge is -2.27. The van der Waals surface area contributed by atoms with Gasteiger partial charge in [0, 0.05) is 25.2 Å². The minimum absolute atomic E-state index is 0.112. The minimum Gasteiger partial charge on any atom is -0.384 e. The molecule has 1 unspecified atom stereocenters. The highest BCUT2D eigenvalue weighted by molar-refractivity contribution is 6.23. The van der Waals surface area contributed by atoms with Crippen molar-refractivity contribution in [2.75, 3.05) is 25.0 Å². The molecule has 0 saturated carbocycles. The van der Waals surface area contributed by atoms with Gasteiger partial charge in [-0.05, 0) is 37.6 Å². The first kappa shape index (κ1) is 18.1. The van der Waals surface area contributed by atoms with E-state index >= 15 is 0 Å². The number of amides is 4. The molecule has 1 atom stereocenters. The first-order chi connectivity index (χ1) is 12.5. The van der Waals surface area contributed by atoms with E-state index in [1.54, 1.807) is 18.2 Å². The van der Waals surface area contributed by atoms with Gasteiger partial charge >= 0.3 is 0 Å². The van der Waals surface area contributed by atoms with Crippen molar-refractivity contribution in [2.24, 2.45) is 0 Å². The van der Waals surface area contributed by atoms with E-state index in [-0.39, 0.29) is 29.9 Å². The Morgan fingerprint density at radius 2 is 1.85 bits per heavy atom. The van der Waals surface area contributed by atoms with Crippen LogP contribution >= 0.6 is 0 Å². The number of anilines is 1. The van der Waals surface area contributed by atoms with Crippen LogP contribution in [0, 0.1) is 0 Å². The Kier molecular flexibility index (Phi) is 5.32. The molecule has 8 nitrogen and oxygen atoms in total. The van der Waals surface area contributed by atoms with Gasteiger partial charge in [-0.3, -0.25) is 29.4 Å². The number of fused-ring (bicyclic) bond motifs is 1. The van der Waals surface area contributed by atoms with Crippen LogP contribution < -0.4 is 16.0 Å². The third-order valence-electron chi connectivity index (χ3n) is 4.50. The molecule has 0 radical (unpaired) electrons. The van der Waals surface area contributed by atoms with E-state index in [1.807, 2.05) is 0 Å². The number of imide groups is 2. The molecule has 26 heavy (non-hydrogen) atoms. The third kappa shape index (κ3) is 3.45. The fourth-order valence-corrected chi connectivity index (χ4v) is 3.18. The highest BCUT2D eigenvalue weighted by atomic mass is 16.2. The predicted molar refractivity (Wildman–Crippen MR) is 94.8 cm³/mol. The number of hydrogen-bond donors (Lipinski definition) is 3. The molecule has 0 bridgehead atoms. The van der Waals surface area contributed by atoms with Gasteiger partial charge in [0.2, 0.25) is 11.8 Å². The van der Waals surface area contributed by atoms with Gasteiger partial charge in [0.05, 0.1) is 11.1 Å². The van der Waals surface area contributed by atoms with E-state index in [1.165, 1.54) is 0 Å². The number of carbonyl (C=O) groups is 4. The van der Waals surface area contributed by atoms with Crippen LogP contribution in [-0.2, 0) is 9.59 Å². The van der Waals surface area contributed by atoms with Crippen molar-refractivity contribution in [3.63, 3.8) is 0 Å². The second kappa shape index (κ2) is 7.65. The van der Waals surface area contributed by atoms with E-state index in [4.69, 9.17) is 0 Å². The summed E-state index contributed by atoms with van der Waals surface area (Å²) >= 11 is 0. The second-order valence-corrected chi connectivity index (χ2v) is 6.38. The molecule has 138 valence electrons. The molecule has 2 aliphatic rings. The lowest BCUT2D eigenvalue weighted by atomic mass is 10.0. The van der Waals surface area contributed by atoms with Crippen molar-refractivity contribution < 1.29 is 19.2 Å². The molecular formula is C18H22N4O4. The van der Waals surface area contributed by atoms with Crippen LogP contribution in [-0.4, -0.2) is 54.2 Å². The molecule has 2 aliphatic heterocycles. The molecule has 0 spiro atoms. The average molecular weight is 358 g/mol. The topological polar surface area (TPSA) is 108 Å². The van der Waals surface area contributed by atoms with Crippen LogP contribution in [0.1, 0.15) is 46.9 Å². The van der Waals surface area contributed by atoms with Crippen molar-refractivity contribution >= 4 is 29.3 Å². The van der Waals surface area contributed by atoms with Gasteiger partial charge in [-0.1, -0.05) is 6.92 Å². The molecule has 4 amide bonds. The molecule has 1 fully saturated rings. The SMILES string of the molecule is CCCNCCNc1ccc2c(c1)C(=O)N(C1CCC(=O)NC1=O)C2=O. The molecule has 0 aliphatic carbocycles. The molecule has 2 heterocycles. The Balaban J connectivity index is 1.71. The van der Waals surface area contributed by atoms with Crippen molar-refractivity contribution in [1.29, 1.82) is 0 Å². The number of nitrogens with zero attached hydrogens (tertiary/aromatic N) is 1. The molecule has 1 aromatic carbocycles. The van der Waals surface area contributed by atoms with Gasteiger partial charge in [-0.2, -0.15) is 0 Å². The van der Waals surface area contributed by atoms with Crippen molar-refractivity contribution in [2.45, 2.75) is 32.2 Å². The predicted octanol–water partition coefficient (Wildman–Crippen LogP) is 0.499. The highest BCUT2D eigenvalue weighted by Gasteiger charge is 2.44. The minimum atomic E-state index is -0.935. The van der Waals surface area contributed by atoms with E-state index in [0.717, 1.165) is 30.1 Å². The molecular weight excluding hydrogens is 336 g/mol. The lowest BCUT2D eigenvalue weighted by molar-refractivity contribution is -0.136. The smallest absolute Gasteiger partial charge is 0.262 e.